The summed E-state index contributed by atoms with van der Waals surface area (Å²) < 4.78 is 0. The number of thiophene rings is 1. The maximum Gasteiger partial charge on any atom is 0.269 e. The van der Waals surface area contributed by atoms with Gasteiger partial charge in [-0.05, 0) is 78.0 Å². The number of nitro benzene ring substituents is 1. The van der Waals surface area contributed by atoms with Gasteiger partial charge in [-0.25, -0.2) is 0 Å². The van der Waals surface area contributed by atoms with E-state index in [0.29, 0.717) is 0 Å². The Morgan fingerprint density at radius 2 is 1.97 bits per heavy atom. The number of piperidine rings is 1. The van der Waals surface area contributed by atoms with Gasteiger partial charge < -0.3 is 10.2 Å². The molecule has 1 amide bonds. The van der Waals surface area contributed by atoms with E-state index in [1.165, 1.54) is 23.3 Å². The Balaban J connectivity index is 1.19. The van der Waals surface area contributed by atoms with Gasteiger partial charge in [0.1, 0.15) is 0 Å². The van der Waals surface area contributed by atoms with Gasteiger partial charge in [0.2, 0.25) is 5.91 Å². The van der Waals surface area contributed by atoms with Crippen LogP contribution in [0.3, 0.4) is 0 Å². The highest BCUT2D eigenvalue weighted by Gasteiger charge is 2.37. The third-order valence-electron chi connectivity index (χ3n) is 7.41. The summed E-state index contributed by atoms with van der Waals surface area (Å²) in [6, 6.07) is 17.1. The number of amides is 1. The smallest absolute Gasteiger partial charge is 0.269 e. The van der Waals surface area contributed by atoms with Crippen molar-refractivity contribution in [2.75, 3.05) is 19.6 Å². The van der Waals surface area contributed by atoms with Gasteiger partial charge in [-0.1, -0.05) is 48.6 Å². The van der Waals surface area contributed by atoms with Crippen LogP contribution in [-0.4, -0.2) is 35.4 Å². The first-order valence-corrected chi connectivity index (χ1v) is 13.0. The number of allylic oxidation sites excluding steroid dienone is 1. The molecular weight excluding hydrogens is 458 g/mol. The van der Waals surface area contributed by atoms with Crippen LogP contribution in [-0.2, 0) is 16.8 Å². The molecule has 3 aromatic rings. The molecule has 1 aliphatic heterocycles. The van der Waals surface area contributed by atoms with Gasteiger partial charge in [0.05, 0.1) is 10.8 Å². The van der Waals surface area contributed by atoms with E-state index in [9.17, 15) is 14.9 Å². The van der Waals surface area contributed by atoms with Crippen molar-refractivity contribution in [2.24, 2.45) is 0 Å². The molecule has 1 fully saturated rings. The van der Waals surface area contributed by atoms with Crippen molar-refractivity contribution in [1.82, 2.24) is 10.2 Å². The predicted octanol–water partition coefficient (Wildman–Crippen LogP) is 5.51. The van der Waals surface area contributed by atoms with E-state index in [0.717, 1.165) is 50.0 Å². The number of hydrogen-bond donors (Lipinski definition) is 1. The second kappa shape index (κ2) is 10.1. The summed E-state index contributed by atoms with van der Waals surface area (Å²) in [7, 11) is 0. The summed E-state index contributed by atoms with van der Waals surface area (Å²) in [5.74, 6) is -0.265. The molecule has 5 rings (SSSR count). The molecule has 0 bridgehead atoms. The number of fused-ring (bicyclic) bond motifs is 2. The van der Waals surface area contributed by atoms with E-state index in [-0.39, 0.29) is 29.5 Å². The van der Waals surface area contributed by atoms with Gasteiger partial charge in [0.15, 0.2) is 0 Å². The van der Waals surface area contributed by atoms with Crippen molar-refractivity contribution in [3.05, 3.63) is 104 Å². The van der Waals surface area contributed by atoms with Crippen LogP contribution in [0.25, 0.3) is 6.08 Å². The van der Waals surface area contributed by atoms with Crippen LogP contribution < -0.4 is 5.32 Å². The molecule has 0 radical (unpaired) electrons. The number of nitro groups is 1. The van der Waals surface area contributed by atoms with Gasteiger partial charge in [0.25, 0.3) is 5.69 Å². The molecule has 1 atom stereocenters. The maximum atomic E-state index is 13.2. The van der Waals surface area contributed by atoms with Crippen molar-refractivity contribution in [3.8, 4) is 0 Å². The monoisotopic (exact) mass is 487 g/mol. The molecule has 1 aromatic heterocycles. The van der Waals surface area contributed by atoms with Gasteiger partial charge in [0, 0.05) is 24.1 Å². The Labute approximate surface area is 209 Å². The van der Waals surface area contributed by atoms with E-state index in [1.54, 1.807) is 23.5 Å². The van der Waals surface area contributed by atoms with Crippen LogP contribution in [0.5, 0.6) is 0 Å². The fraction of sp³-hybridized carbons (Fsp3) is 0.321. The van der Waals surface area contributed by atoms with Gasteiger partial charge >= 0.3 is 0 Å². The summed E-state index contributed by atoms with van der Waals surface area (Å²) in [6.07, 6.45) is 7.61. The highest BCUT2D eigenvalue weighted by atomic mass is 32.1. The van der Waals surface area contributed by atoms with E-state index in [1.807, 2.05) is 16.8 Å². The molecule has 2 heterocycles. The summed E-state index contributed by atoms with van der Waals surface area (Å²) >= 11 is 1.60. The minimum Gasteiger partial charge on any atom is -0.351 e. The van der Waals surface area contributed by atoms with Crippen LogP contribution in [0.15, 0.2) is 71.4 Å². The zero-order valence-electron chi connectivity index (χ0n) is 19.6. The quantitative estimate of drug-likeness (QED) is 0.336. The SMILES string of the molecule is O=C(NCc1cccc([N+](=O)[O-])c1)[C@@H](CCN1CCC2(C=Cc3ccccc32)CC1)c1ccsc1. The molecule has 1 aliphatic carbocycles. The number of nitrogens with zero attached hydrogens (tertiary/aromatic N) is 2. The van der Waals surface area contributed by atoms with Gasteiger partial charge in [-0.15, -0.1) is 0 Å². The number of non-ortho nitro benzene ring substituents is 1. The molecule has 2 aromatic carbocycles. The Kier molecular flexibility index (Phi) is 6.79. The number of hydrogen-bond acceptors (Lipinski definition) is 5. The van der Waals surface area contributed by atoms with Gasteiger partial charge in [-0.2, -0.15) is 11.3 Å². The second-order valence-electron chi connectivity index (χ2n) is 9.46. The first kappa shape index (κ1) is 23.5. The standard InChI is InChI=1S/C28H29N3O3S/c32-27(29-19-21-4-3-6-24(18-21)31(33)34)25(23-10-17-35-20-23)9-14-30-15-12-28(13-16-30)11-8-22-5-1-2-7-26(22)28/h1-8,10-11,17-18,20,25H,9,12-16,19H2,(H,29,32)/t25-/m0/s1. The Morgan fingerprint density at radius 1 is 1.14 bits per heavy atom. The Morgan fingerprint density at radius 3 is 2.74 bits per heavy atom. The third kappa shape index (κ3) is 5.06. The van der Waals surface area contributed by atoms with Crippen LogP contribution in [0.4, 0.5) is 5.69 Å². The molecule has 0 unspecified atom stereocenters. The third-order valence-corrected chi connectivity index (χ3v) is 8.11. The molecule has 6 nitrogen and oxygen atoms in total. The summed E-state index contributed by atoms with van der Waals surface area (Å²) in [5, 5.41) is 18.1. The Bertz CT molecular complexity index is 1230. The number of rotatable bonds is 8. The largest absolute Gasteiger partial charge is 0.351 e. The summed E-state index contributed by atoms with van der Waals surface area (Å²) in [5.41, 5.74) is 4.76. The number of likely N-dealkylation sites (tertiary alicyclic amines) is 1. The lowest BCUT2D eigenvalue weighted by Gasteiger charge is -2.39. The van der Waals surface area contributed by atoms with Crippen LogP contribution in [0, 0.1) is 10.1 Å². The second-order valence-corrected chi connectivity index (χ2v) is 10.2. The van der Waals surface area contributed by atoms with Crippen molar-refractivity contribution in [1.29, 1.82) is 0 Å². The number of carbonyl (C=O) groups is 1. The molecule has 180 valence electrons. The van der Waals surface area contributed by atoms with Crippen molar-refractivity contribution >= 4 is 29.0 Å². The van der Waals surface area contributed by atoms with Crippen LogP contribution >= 0.6 is 11.3 Å². The van der Waals surface area contributed by atoms with Gasteiger partial charge in [-0.3, -0.25) is 14.9 Å². The molecule has 2 aliphatic rings. The van der Waals surface area contributed by atoms with Crippen molar-refractivity contribution in [3.63, 3.8) is 0 Å². The zero-order valence-corrected chi connectivity index (χ0v) is 20.4. The molecule has 35 heavy (non-hydrogen) atoms. The number of carbonyl (C=O) groups excluding carboxylic acids is 1. The van der Waals surface area contributed by atoms with E-state index in [2.05, 4.69) is 46.6 Å². The van der Waals surface area contributed by atoms with E-state index >= 15 is 0 Å². The maximum absolute atomic E-state index is 13.2. The number of nitrogens with one attached hydrogen (secondary N) is 1. The molecule has 0 saturated carbocycles. The molecule has 7 heteroatoms. The molecular formula is C28H29N3O3S. The van der Waals surface area contributed by atoms with Crippen LogP contribution in [0.2, 0.25) is 0 Å². The lowest BCUT2D eigenvalue weighted by Crippen LogP contribution is -2.42. The normalized spacial score (nSPS) is 17.3. The van der Waals surface area contributed by atoms with Crippen LogP contribution in [0.1, 0.15) is 47.4 Å². The molecule has 1 N–H and O–H groups in total. The van der Waals surface area contributed by atoms with Crippen molar-refractivity contribution in [2.45, 2.75) is 37.1 Å². The zero-order chi connectivity index (χ0) is 24.3. The average molecular weight is 488 g/mol. The lowest BCUT2D eigenvalue weighted by atomic mass is 9.74. The summed E-state index contributed by atoms with van der Waals surface area (Å²) in [6.45, 7) is 3.18. The molecule has 1 saturated heterocycles. The lowest BCUT2D eigenvalue weighted by molar-refractivity contribution is -0.384. The minimum atomic E-state index is -0.414. The summed E-state index contributed by atoms with van der Waals surface area (Å²) in [4.78, 5) is 26.3. The average Bonchev–Trinajstić information content (AvgIpc) is 3.54. The highest BCUT2D eigenvalue weighted by Crippen LogP contribution is 2.43. The topological polar surface area (TPSA) is 75.5 Å². The fourth-order valence-corrected chi connectivity index (χ4v) is 6.09. The number of benzene rings is 2. The minimum absolute atomic E-state index is 0.0314. The first-order chi connectivity index (χ1) is 17.0. The van der Waals surface area contributed by atoms with E-state index in [4.69, 9.17) is 0 Å². The molecule has 1 spiro atoms. The van der Waals surface area contributed by atoms with Crippen molar-refractivity contribution < 1.29 is 9.72 Å². The first-order valence-electron chi connectivity index (χ1n) is 12.1. The highest BCUT2D eigenvalue weighted by molar-refractivity contribution is 7.08. The van der Waals surface area contributed by atoms with E-state index < -0.39 is 4.92 Å². The predicted molar refractivity (Wildman–Crippen MR) is 139 cm³/mol. The Hall–Kier alpha value is -3.29. The fourth-order valence-electron chi connectivity index (χ4n) is 5.37.